The van der Waals surface area contributed by atoms with Crippen molar-refractivity contribution in [3.63, 3.8) is 0 Å². The van der Waals surface area contributed by atoms with Crippen molar-refractivity contribution in [3.8, 4) is 0 Å². The number of carbonyl (C=O) groups is 1. The van der Waals surface area contributed by atoms with Gasteiger partial charge in [-0.2, -0.15) is 0 Å². The highest BCUT2D eigenvalue weighted by molar-refractivity contribution is 9.10. The molecule has 1 aromatic rings. The van der Waals surface area contributed by atoms with Crippen molar-refractivity contribution in [1.29, 1.82) is 0 Å². The van der Waals surface area contributed by atoms with Gasteiger partial charge in [-0.25, -0.2) is 17.2 Å². The van der Waals surface area contributed by atoms with Crippen molar-refractivity contribution in [2.45, 2.75) is 23.8 Å². The number of carbonyl (C=O) groups excluding carboxylic acids is 1. The Morgan fingerprint density at radius 3 is 2.47 bits per heavy atom. The number of nitrogens with one attached hydrogen (secondary N) is 1. The number of amides is 1. The molecule has 0 aliphatic heterocycles. The molecule has 0 radical (unpaired) electrons. The third kappa shape index (κ3) is 3.06. The van der Waals surface area contributed by atoms with Crippen molar-refractivity contribution in [2.75, 3.05) is 0 Å². The zero-order chi connectivity index (χ0) is 14.4. The summed E-state index contributed by atoms with van der Waals surface area (Å²) in [6.45, 7) is 0. The maximum atomic E-state index is 14.0. The quantitative estimate of drug-likeness (QED) is 0.827. The second-order valence-electron chi connectivity index (χ2n) is 4.04. The van der Waals surface area contributed by atoms with Crippen molar-refractivity contribution in [2.24, 2.45) is 0 Å². The summed E-state index contributed by atoms with van der Waals surface area (Å²) in [5, 5.41) is 2.38. The third-order valence-electron chi connectivity index (χ3n) is 2.51. The van der Waals surface area contributed by atoms with Crippen LogP contribution >= 0.6 is 26.6 Å². The average molecular weight is 375 g/mol. The Bertz CT molecular complexity index is 661. The lowest BCUT2D eigenvalue weighted by Crippen LogP contribution is -2.28. The second-order valence-corrected chi connectivity index (χ2v) is 7.40. The molecule has 1 aliphatic carbocycles. The molecule has 0 aromatic heterocycles. The molecular weight excluding hydrogens is 368 g/mol. The minimum absolute atomic E-state index is 0.119. The van der Waals surface area contributed by atoms with E-state index in [9.17, 15) is 22.0 Å². The molecule has 1 amide bonds. The predicted octanol–water partition coefficient (Wildman–Crippen LogP) is 2.55. The number of rotatable bonds is 3. The highest BCUT2D eigenvalue weighted by Gasteiger charge is 2.31. The van der Waals surface area contributed by atoms with E-state index in [2.05, 4.69) is 21.2 Å². The van der Waals surface area contributed by atoms with Gasteiger partial charge in [-0.1, -0.05) is 0 Å². The van der Waals surface area contributed by atoms with Crippen molar-refractivity contribution >= 4 is 41.6 Å². The van der Waals surface area contributed by atoms with E-state index in [-0.39, 0.29) is 10.5 Å². The lowest BCUT2D eigenvalue weighted by atomic mass is 10.2. The summed E-state index contributed by atoms with van der Waals surface area (Å²) in [5.41, 5.74) is -0.950. The van der Waals surface area contributed by atoms with Crippen LogP contribution in [0.4, 0.5) is 8.78 Å². The molecule has 0 saturated heterocycles. The van der Waals surface area contributed by atoms with Crippen LogP contribution in [0.3, 0.4) is 0 Å². The molecule has 0 unspecified atom stereocenters. The Labute approximate surface area is 120 Å². The monoisotopic (exact) mass is 373 g/mol. The molecule has 1 N–H and O–H groups in total. The maximum absolute atomic E-state index is 14.0. The zero-order valence-corrected chi connectivity index (χ0v) is 12.4. The standard InChI is InChI=1S/C10H7BrClF2NO3S/c11-5-3-6(13)7(10(16)15-4-1-2-4)8(14)9(5)19(12,17)18/h3-4H,1-2H2,(H,15,16). The zero-order valence-electron chi connectivity index (χ0n) is 9.21. The molecule has 0 heterocycles. The molecule has 104 valence electrons. The topological polar surface area (TPSA) is 63.2 Å². The van der Waals surface area contributed by atoms with Crippen LogP contribution < -0.4 is 5.32 Å². The second kappa shape index (κ2) is 4.99. The molecule has 1 aromatic carbocycles. The minimum Gasteiger partial charge on any atom is -0.349 e. The normalized spacial score (nSPS) is 15.4. The summed E-state index contributed by atoms with van der Waals surface area (Å²) in [6.07, 6.45) is 1.46. The first kappa shape index (κ1) is 14.7. The Morgan fingerprint density at radius 1 is 1.42 bits per heavy atom. The molecule has 1 saturated carbocycles. The SMILES string of the molecule is O=C(NC1CC1)c1c(F)cc(Br)c(S(=O)(=O)Cl)c1F. The fourth-order valence-corrected chi connectivity index (χ4v) is 3.84. The van der Waals surface area contributed by atoms with Crippen LogP contribution in [0.5, 0.6) is 0 Å². The number of benzene rings is 1. The molecule has 0 atom stereocenters. The van der Waals surface area contributed by atoms with Gasteiger partial charge in [0.15, 0.2) is 5.82 Å². The van der Waals surface area contributed by atoms with Crippen LogP contribution in [0, 0.1) is 11.6 Å². The molecule has 1 fully saturated rings. The molecule has 0 bridgehead atoms. The lowest BCUT2D eigenvalue weighted by molar-refractivity contribution is 0.0942. The van der Waals surface area contributed by atoms with Gasteiger partial charge < -0.3 is 5.32 Å². The van der Waals surface area contributed by atoms with Gasteiger partial charge in [0.25, 0.3) is 15.0 Å². The largest absolute Gasteiger partial charge is 0.349 e. The van der Waals surface area contributed by atoms with Crippen LogP contribution in [0.15, 0.2) is 15.4 Å². The summed E-state index contributed by atoms with van der Waals surface area (Å²) in [5.74, 6) is -3.65. The summed E-state index contributed by atoms with van der Waals surface area (Å²) in [7, 11) is 0.618. The summed E-state index contributed by atoms with van der Waals surface area (Å²) in [4.78, 5) is 10.7. The van der Waals surface area contributed by atoms with E-state index < -0.39 is 37.1 Å². The summed E-state index contributed by atoms with van der Waals surface area (Å²) in [6, 6.07) is 0.575. The summed E-state index contributed by atoms with van der Waals surface area (Å²) < 4.78 is 49.7. The van der Waals surface area contributed by atoms with Gasteiger partial charge in [0, 0.05) is 21.2 Å². The van der Waals surface area contributed by atoms with Gasteiger partial charge in [-0.05, 0) is 34.8 Å². The van der Waals surface area contributed by atoms with E-state index in [0.717, 1.165) is 12.8 Å². The maximum Gasteiger partial charge on any atom is 0.265 e. The van der Waals surface area contributed by atoms with Gasteiger partial charge in [0.1, 0.15) is 16.3 Å². The first-order valence-electron chi connectivity index (χ1n) is 5.15. The molecule has 19 heavy (non-hydrogen) atoms. The number of halogens is 4. The van der Waals surface area contributed by atoms with E-state index in [1.807, 2.05) is 0 Å². The molecule has 1 aliphatic rings. The van der Waals surface area contributed by atoms with Crippen LogP contribution in [0.1, 0.15) is 23.2 Å². The fourth-order valence-electron chi connectivity index (χ4n) is 1.49. The first-order valence-corrected chi connectivity index (χ1v) is 8.25. The molecule has 0 spiro atoms. The summed E-state index contributed by atoms with van der Waals surface area (Å²) >= 11 is 2.70. The Morgan fingerprint density at radius 2 is 2.00 bits per heavy atom. The van der Waals surface area contributed by atoms with Crippen molar-refractivity contribution in [1.82, 2.24) is 5.32 Å². The van der Waals surface area contributed by atoms with E-state index in [4.69, 9.17) is 10.7 Å². The lowest BCUT2D eigenvalue weighted by Gasteiger charge is -2.10. The number of hydrogen-bond acceptors (Lipinski definition) is 3. The predicted molar refractivity (Wildman–Crippen MR) is 67.6 cm³/mol. The van der Waals surface area contributed by atoms with Crippen LogP contribution in [0.2, 0.25) is 0 Å². The van der Waals surface area contributed by atoms with Gasteiger partial charge in [0.05, 0.1) is 0 Å². The Hall–Kier alpha value is -0.730. The van der Waals surface area contributed by atoms with E-state index in [1.165, 1.54) is 0 Å². The Balaban J connectivity index is 2.57. The third-order valence-corrected chi connectivity index (χ3v) is 4.75. The van der Waals surface area contributed by atoms with Crippen LogP contribution in [-0.4, -0.2) is 20.4 Å². The Kier molecular flexibility index (Phi) is 3.85. The highest BCUT2D eigenvalue weighted by Crippen LogP contribution is 2.32. The van der Waals surface area contributed by atoms with E-state index >= 15 is 0 Å². The van der Waals surface area contributed by atoms with Gasteiger partial charge in [-0.15, -0.1) is 0 Å². The minimum atomic E-state index is -4.45. The molecular formula is C10H7BrClF2NO3S. The van der Waals surface area contributed by atoms with Crippen LogP contribution in [0.25, 0.3) is 0 Å². The van der Waals surface area contributed by atoms with Crippen molar-refractivity contribution < 1.29 is 22.0 Å². The molecule has 2 rings (SSSR count). The van der Waals surface area contributed by atoms with Crippen LogP contribution in [-0.2, 0) is 9.05 Å². The van der Waals surface area contributed by atoms with E-state index in [1.54, 1.807) is 0 Å². The fraction of sp³-hybridized carbons (Fsp3) is 0.300. The number of hydrogen-bond donors (Lipinski definition) is 1. The first-order chi connectivity index (χ1) is 8.71. The molecule has 9 heteroatoms. The average Bonchev–Trinajstić information content (AvgIpc) is 2.97. The smallest absolute Gasteiger partial charge is 0.265 e. The van der Waals surface area contributed by atoms with Gasteiger partial charge in [-0.3, -0.25) is 4.79 Å². The van der Waals surface area contributed by atoms with E-state index in [0.29, 0.717) is 6.07 Å². The van der Waals surface area contributed by atoms with Crippen molar-refractivity contribution in [3.05, 3.63) is 27.7 Å². The van der Waals surface area contributed by atoms with Gasteiger partial charge >= 0.3 is 0 Å². The van der Waals surface area contributed by atoms with Gasteiger partial charge in [0.2, 0.25) is 0 Å². The highest BCUT2D eigenvalue weighted by atomic mass is 79.9. The molecule has 4 nitrogen and oxygen atoms in total.